The summed E-state index contributed by atoms with van der Waals surface area (Å²) in [6.07, 6.45) is 0. The van der Waals surface area contributed by atoms with Gasteiger partial charge in [-0.25, -0.2) is 9.59 Å². The zero-order valence-corrected chi connectivity index (χ0v) is 10.3. The van der Waals surface area contributed by atoms with Crippen LogP contribution in [0.5, 0.6) is 0 Å². The molecule has 0 aliphatic carbocycles. The first-order valence-electron chi connectivity index (χ1n) is 5.97. The second kappa shape index (κ2) is 4.93. The zero-order valence-electron chi connectivity index (χ0n) is 10.3. The Morgan fingerprint density at radius 1 is 1.00 bits per heavy atom. The third-order valence-corrected chi connectivity index (χ3v) is 2.71. The summed E-state index contributed by atoms with van der Waals surface area (Å²) in [6.45, 7) is 0. The standard InChI is InChI=1S/C14H11N3O3/c18-13(15-9-4-2-1-3-5-9)16-10-6-7-12-11(8-10)17-14(19)20-12/h1-8H,(H,17,19)(H2,15,16,18). The fourth-order valence-electron chi connectivity index (χ4n) is 1.84. The molecule has 0 aliphatic heterocycles. The van der Waals surface area contributed by atoms with Gasteiger partial charge in [0.1, 0.15) is 0 Å². The number of fused-ring (bicyclic) bond motifs is 1. The predicted molar refractivity (Wildman–Crippen MR) is 75.9 cm³/mol. The van der Waals surface area contributed by atoms with Gasteiger partial charge in [0.05, 0.1) is 5.52 Å². The average molecular weight is 269 g/mol. The van der Waals surface area contributed by atoms with Gasteiger partial charge in [-0.1, -0.05) is 18.2 Å². The van der Waals surface area contributed by atoms with Gasteiger partial charge in [0, 0.05) is 11.4 Å². The van der Waals surface area contributed by atoms with Gasteiger partial charge < -0.3 is 15.1 Å². The van der Waals surface area contributed by atoms with E-state index in [-0.39, 0.29) is 6.03 Å². The molecule has 0 aliphatic rings. The van der Waals surface area contributed by atoms with E-state index in [1.165, 1.54) is 0 Å². The van der Waals surface area contributed by atoms with E-state index < -0.39 is 5.76 Å². The van der Waals surface area contributed by atoms with E-state index in [9.17, 15) is 9.59 Å². The summed E-state index contributed by atoms with van der Waals surface area (Å²) < 4.78 is 4.88. The molecule has 0 bridgehead atoms. The van der Waals surface area contributed by atoms with Crippen LogP contribution in [0.15, 0.2) is 57.7 Å². The fourth-order valence-corrected chi connectivity index (χ4v) is 1.84. The Kier molecular flexibility index (Phi) is 2.96. The lowest BCUT2D eigenvalue weighted by Gasteiger charge is -2.07. The lowest BCUT2D eigenvalue weighted by atomic mass is 10.3. The van der Waals surface area contributed by atoms with Crippen LogP contribution in [0.3, 0.4) is 0 Å². The minimum Gasteiger partial charge on any atom is -0.408 e. The quantitative estimate of drug-likeness (QED) is 0.668. The number of hydrogen-bond acceptors (Lipinski definition) is 3. The minimum absolute atomic E-state index is 0.360. The van der Waals surface area contributed by atoms with Gasteiger partial charge in [0.25, 0.3) is 0 Å². The van der Waals surface area contributed by atoms with Gasteiger partial charge in [0.2, 0.25) is 0 Å². The second-order valence-electron chi connectivity index (χ2n) is 4.17. The van der Waals surface area contributed by atoms with Crippen molar-refractivity contribution < 1.29 is 9.21 Å². The average Bonchev–Trinajstić information content (AvgIpc) is 2.79. The molecule has 20 heavy (non-hydrogen) atoms. The van der Waals surface area contributed by atoms with Crippen LogP contribution in [0.25, 0.3) is 11.1 Å². The summed E-state index contributed by atoms with van der Waals surface area (Å²) >= 11 is 0. The highest BCUT2D eigenvalue weighted by Crippen LogP contribution is 2.16. The number of urea groups is 1. The number of amides is 2. The van der Waals surface area contributed by atoms with Gasteiger partial charge in [-0.3, -0.25) is 4.98 Å². The van der Waals surface area contributed by atoms with Gasteiger partial charge in [0.15, 0.2) is 5.58 Å². The number of H-pyrrole nitrogens is 1. The molecular formula is C14H11N3O3. The molecule has 1 heterocycles. The molecule has 6 nitrogen and oxygen atoms in total. The van der Waals surface area contributed by atoms with Crippen molar-refractivity contribution in [3.8, 4) is 0 Å². The third-order valence-electron chi connectivity index (χ3n) is 2.71. The number of benzene rings is 2. The van der Waals surface area contributed by atoms with Crippen molar-refractivity contribution in [3.63, 3.8) is 0 Å². The van der Waals surface area contributed by atoms with Crippen LogP contribution < -0.4 is 16.4 Å². The summed E-state index contributed by atoms with van der Waals surface area (Å²) in [5, 5.41) is 5.38. The molecule has 0 radical (unpaired) electrons. The first-order chi connectivity index (χ1) is 9.70. The SMILES string of the molecule is O=C(Nc1ccccc1)Nc1ccc2oc(=O)[nH]c2c1. The summed E-state index contributed by atoms with van der Waals surface area (Å²) in [5.74, 6) is -0.522. The maximum Gasteiger partial charge on any atom is 0.417 e. The van der Waals surface area contributed by atoms with E-state index in [1.807, 2.05) is 18.2 Å². The van der Waals surface area contributed by atoms with Crippen LogP contribution in [0.1, 0.15) is 0 Å². The van der Waals surface area contributed by atoms with E-state index in [0.29, 0.717) is 22.5 Å². The maximum absolute atomic E-state index is 11.8. The van der Waals surface area contributed by atoms with E-state index in [2.05, 4.69) is 15.6 Å². The molecule has 0 saturated carbocycles. The number of carbonyl (C=O) groups is 1. The van der Waals surface area contributed by atoms with E-state index in [1.54, 1.807) is 30.3 Å². The van der Waals surface area contributed by atoms with Crippen molar-refractivity contribution in [2.75, 3.05) is 10.6 Å². The molecule has 6 heteroatoms. The zero-order chi connectivity index (χ0) is 13.9. The molecule has 0 spiro atoms. The molecule has 3 N–H and O–H groups in total. The number of aromatic nitrogens is 1. The number of nitrogens with one attached hydrogen (secondary N) is 3. The topological polar surface area (TPSA) is 87.1 Å². The third kappa shape index (κ3) is 2.54. The Morgan fingerprint density at radius 2 is 1.75 bits per heavy atom. The number of carbonyl (C=O) groups excluding carboxylic acids is 1. The van der Waals surface area contributed by atoms with E-state index in [4.69, 9.17) is 4.42 Å². The molecule has 3 aromatic rings. The van der Waals surface area contributed by atoms with Crippen LogP contribution in [0, 0.1) is 0 Å². The van der Waals surface area contributed by atoms with Crippen molar-refractivity contribution >= 4 is 28.5 Å². The van der Waals surface area contributed by atoms with Crippen LogP contribution in [-0.2, 0) is 0 Å². The highest BCUT2D eigenvalue weighted by Gasteiger charge is 2.05. The summed E-state index contributed by atoms with van der Waals surface area (Å²) in [5.41, 5.74) is 2.24. The van der Waals surface area contributed by atoms with Crippen molar-refractivity contribution in [2.24, 2.45) is 0 Å². The number of rotatable bonds is 2. The molecule has 0 saturated heterocycles. The molecule has 2 amide bonds. The Hall–Kier alpha value is -3.02. The molecule has 0 fully saturated rings. The smallest absolute Gasteiger partial charge is 0.408 e. The Balaban J connectivity index is 1.75. The van der Waals surface area contributed by atoms with Crippen molar-refractivity contribution in [1.82, 2.24) is 4.98 Å². The van der Waals surface area contributed by atoms with Crippen molar-refractivity contribution in [2.45, 2.75) is 0 Å². The Morgan fingerprint density at radius 3 is 2.55 bits per heavy atom. The normalized spacial score (nSPS) is 10.4. The first kappa shape index (κ1) is 12.0. The predicted octanol–water partition coefficient (Wildman–Crippen LogP) is 2.77. The van der Waals surface area contributed by atoms with Gasteiger partial charge in [-0.15, -0.1) is 0 Å². The van der Waals surface area contributed by atoms with Crippen LogP contribution in [-0.4, -0.2) is 11.0 Å². The molecule has 0 atom stereocenters. The lowest BCUT2D eigenvalue weighted by molar-refractivity contribution is 0.262. The summed E-state index contributed by atoms with van der Waals surface area (Å²) in [7, 11) is 0. The first-order valence-corrected chi connectivity index (χ1v) is 5.97. The van der Waals surface area contributed by atoms with Crippen molar-refractivity contribution in [1.29, 1.82) is 0 Å². The van der Waals surface area contributed by atoms with Gasteiger partial charge in [-0.2, -0.15) is 0 Å². The molecule has 1 aromatic heterocycles. The largest absolute Gasteiger partial charge is 0.417 e. The number of oxazole rings is 1. The van der Waals surface area contributed by atoms with Gasteiger partial charge in [-0.05, 0) is 30.3 Å². The van der Waals surface area contributed by atoms with E-state index in [0.717, 1.165) is 0 Å². The minimum atomic E-state index is -0.522. The fraction of sp³-hybridized carbons (Fsp3) is 0. The molecule has 0 unspecified atom stereocenters. The van der Waals surface area contributed by atoms with Crippen molar-refractivity contribution in [3.05, 3.63) is 59.1 Å². The molecule has 2 aromatic carbocycles. The summed E-state index contributed by atoms with van der Waals surface area (Å²) in [6, 6.07) is 13.6. The monoisotopic (exact) mass is 269 g/mol. The Bertz CT molecular complexity index is 805. The molecule has 3 rings (SSSR count). The summed E-state index contributed by atoms with van der Waals surface area (Å²) in [4.78, 5) is 25.4. The molecule has 100 valence electrons. The van der Waals surface area contributed by atoms with Crippen LogP contribution in [0.2, 0.25) is 0 Å². The molecular weight excluding hydrogens is 258 g/mol. The number of hydrogen-bond donors (Lipinski definition) is 3. The lowest BCUT2D eigenvalue weighted by Crippen LogP contribution is -2.19. The second-order valence-corrected chi connectivity index (χ2v) is 4.17. The van der Waals surface area contributed by atoms with Crippen LogP contribution >= 0.6 is 0 Å². The number of para-hydroxylation sites is 1. The van der Waals surface area contributed by atoms with E-state index >= 15 is 0 Å². The van der Waals surface area contributed by atoms with Gasteiger partial charge >= 0.3 is 11.8 Å². The highest BCUT2D eigenvalue weighted by molar-refractivity contribution is 6.00. The number of anilines is 2. The highest BCUT2D eigenvalue weighted by atomic mass is 16.4. The van der Waals surface area contributed by atoms with Crippen LogP contribution in [0.4, 0.5) is 16.2 Å². The Labute approximate surface area is 113 Å². The maximum atomic E-state index is 11.8. The number of aromatic amines is 1.